The van der Waals surface area contributed by atoms with Crippen LogP contribution in [0.5, 0.6) is 0 Å². The maximum atomic E-state index is 5.81. The third-order valence-corrected chi connectivity index (χ3v) is 4.50. The van der Waals surface area contributed by atoms with E-state index in [4.69, 9.17) is 4.74 Å². The van der Waals surface area contributed by atoms with Crippen molar-refractivity contribution < 1.29 is 4.74 Å². The minimum Gasteiger partial charge on any atom is -0.381 e. The van der Waals surface area contributed by atoms with Crippen LogP contribution in [-0.4, -0.2) is 76.4 Å². The molecule has 1 unspecified atom stereocenters. The molecule has 0 aromatic rings. The van der Waals surface area contributed by atoms with Gasteiger partial charge in [0.1, 0.15) is 0 Å². The Morgan fingerprint density at radius 1 is 1.20 bits per heavy atom. The van der Waals surface area contributed by atoms with Gasteiger partial charge in [-0.25, -0.2) is 0 Å². The first-order chi connectivity index (χ1) is 9.60. The zero-order valence-electron chi connectivity index (χ0n) is 13.7. The molecule has 0 aromatic heterocycles. The van der Waals surface area contributed by atoms with Gasteiger partial charge >= 0.3 is 0 Å². The molecule has 0 spiro atoms. The van der Waals surface area contributed by atoms with Crippen LogP contribution in [0.25, 0.3) is 0 Å². The lowest BCUT2D eigenvalue weighted by Gasteiger charge is -2.40. The quantitative estimate of drug-likeness (QED) is 0.692. The summed E-state index contributed by atoms with van der Waals surface area (Å²) in [4.78, 5) is 4.77. The van der Waals surface area contributed by atoms with Crippen molar-refractivity contribution in [1.82, 2.24) is 15.1 Å². The summed E-state index contributed by atoms with van der Waals surface area (Å²) < 4.78 is 5.81. The summed E-state index contributed by atoms with van der Waals surface area (Å²) in [5.74, 6) is 0. The predicted molar refractivity (Wildman–Crippen MR) is 84.2 cm³/mol. The number of nitrogens with zero attached hydrogens (tertiary/aromatic N) is 2. The highest BCUT2D eigenvalue weighted by Crippen LogP contribution is 2.30. The van der Waals surface area contributed by atoms with Crippen molar-refractivity contribution in [3.63, 3.8) is 0 Å². The summed E-state index contributed by atoms with van der Waals surface area (Å²) in [7, 11) is 6.56. The highest BCUT2D eigenvalue weighted by molar-refractivity contribution is 4.90. The van der Waals surface area contributed by atoms with Crippen molar-refractivity contribution in [2.75, 3.05) is 60.5 Å². The molecule has 0 radical (unpaired) electrons. The summed E-state index contributed by atoms with van der Waals surface area (Å²) in [6.45, 7) is 6.55. The summed E-state index contributed by atoms with van der Waals surface area (Å²) in [6.07, 6.45) is 6.52. The van der Waals surface area contributed by atoms with E-state index in [0.29, 0.717) is 5.41 Å². The average molecular weight is 283 g/mol. The Morgan fingerprint density at radius 3 is 2.60 bits per heavy atom. The van der Waals surface area contributed by atoms with Crippen LogP contribution in [0, 0.1) is 5.41 Å². The molecule has 1 saturated carbocycles. The zero-order chi connectivity index (χ0) is 14.4. The molecule has 1 N–H and O–H groups in total. The van der Waals surface area contributed by atoms with Crippen LogP contribution in [0.3, 0.4) is 0 Å². The summed E-state index contributed by atoms with van der Waals surface area (Å²) in [5.41, 5.74) is 0.341. The Bertz CT molecular complexity index is 273. The van der Waals surface area contributed by atoms with Gasteiger partial charge in [-0.05, 0) is 66.3 Å². The van der Waals surface area contributed by atoms with E-state index in [0.717, 1.165) is 25.8 Å². The third-order valence-electron chi connectivity index (χ3n) is 4.50. The van der Waals surface area contributed by atoms with Gasteiger partial charge in [-0.15, -0.1) is 0 Å². The first kappa shape index (κ1) is 16.2. The molecule has 4 nitrogen and oxygen atoms in total. The summed E-state index contributed by atoms with van der Waals surface area (Å²) in [5, 5.41) is 3.73. The van der Waals surface area contributed by atoms with Gasteiger partial charge in [0.15, 0.2) is 0 Å². The number of ether oxygens (including phenoxy) is 1. The van der Waals surface area contributed by atoms with E-state index in [1.54, 1.807) is 0 Å². The largest absolute Gasteiger partial charge is 0.381 e. The van der Waals surface area contributed by atoms with Gasteiger partial charge in [0.2, 0.25) is 0 Å². The normalized spacial score (nSPS) is 27.4. The van der Waals surface area contributed by atoms with E-state index in [-0.39, 0.29) is 0 Å². The van der Waals surface area contributed by atoms with Crippen LogP contribution in [-0.2, 0) is 4.74 Å². The monoisotopic (exact) mass is 283 g/mol. The Balaban J connectivity index is 1.76. The second kappa shape index (κ2) is 7.74. The number of rotatable bonds is 9. The van der Waals surface area contributed by atoms with Gasteiger partial charge in [-0.2, -0.15) is 0 Å². The topological polar surface area (TPSA) is 27.7 Å². The lowest BCUT2D eigenvalue weighted by molar-refractivity contribution is -0.0230. The molecule has 1 aliphatic carbocycles. The Kier molecular flexibility index (Phi) is 6.27. The molecule has 118 valence electrons. The zero-order valence-corrected chi connectivity index (χ0v) is 13.7. The smallest absolute Gasteiger partial charge is 0.0546 e. The maximum Gasteiger partial charge on any atom is 0.0546 e. The van der Waals surface area contributed by atoms with Gasteiger partial charge in [0.05, 0.1) is 6.61 Å². The molecule has 1 heterocycles. The van der Waals surface area contributed by atoms with Crippen molar-refractivity contribution >= 4 is 0 Å². The third kappa shape index (κ3) is 5.68. The highest BCUT2D eigenvalue weighted by atomic mass is 16.5. The molecule has 2 fully saturated rings. The molecule has 2 rings (SSSR count). The fraction of sp³-hybridized carbons (Fsp3) is 1.00. The van der Waals surface area contributed by atoms with E-state index in [9.17, 15) is 0 Å². The van der Waals surface area contributed by atoms with Crippen LogP contribution in [0.4, 0.5) is 0 Å². The molecule has 20 heavy (non-hydrogen) atoms. The van der Waals surface area contributed by atoms with Gasteiger partial charge in [-0.3, -0.25) is 0 Å². The van der Waals surface area contributed by atoms with E-state index in [1.165, 1.54) is 51.7 Å². The summed E-state index contributed by atoms with van der Waals surface area (Å²) >= 11 is 0. The second-order valence-electron chi connectivity index (χ2n) is 7.21. The van der Waals surface area contributed by atoms with Crippen LogP contribution >= 0.6 is 0 Å². The molecular formula is C16H33N3O. The van der Waals surface area contributed by atoms with Crippen molar-refractivity contribution in [2.45, 2.75) is 38.1 Å². The van der Waals surface area contributed by atoms with Crippen molar-refractivity contribution in [1.29, 1.82) is 0 Å². The van der Waals surface area contributed by atoms with Gasteiger partial charge < -0.3 is 19.9 Å². The standard InChI is InChI=1S/C16H33N3O/c1-18(2)9-5-10-19(3)13-16(8-4-11-20-14-16)12-17-15-6-7-15/h15,17H,4-14H2,1-3H3. The minimum absolute atomic E-state index is 0.341. The molecule has 4 heteroatoms. The van der Waals surface area contributed by atoms with Crippen LogP contribution in [0.2, 0.25) is 0 Å². The molecule has 0 bridgehead atoms. The Labute approximate surface area is 124 Å². The van der Waals surface area contributed by atoms with Gasteiger partial charge in [-0.1, -0.05) is 0 Å². The van der Waals surface area contributed by atoms with Crippen molar-refractivity contribution in [3.05, 3.63) is 0 Å². The van der Waals surface area contributed by atoms with Crippen molar-refractivity contribution in [2.24, 2.45) is 5.41 Å². The van der Waals surface area contributed by atoms with Crippen molar-refractivity contribution in [3.8, 4) is 0 Å². The van der Waals surface area contributed by atoms with Gasteiger partial charge in [0, 0.05) is 31.2 Å². The lowest BCUT2D eigenvalue weighted by atomic mass is 9.81. The Morgan fingerprint density at radius 2 is 2.00 bits per heavy atom. The number of hydrogen-bond donors (Lipinski definition) is 1. The van der Waals surface area contributed by atoms with E-state index < -0.39 is 0 Å². The average Bonchev–Trinajstić information content (AvgIpc) is 3.21. The predicted octanol–water partition coefficient (Wildman–Crippen LogP) is 1.42. The maximum absolute atomic E-state index is 5.81. The van der Waals surface area contributed by atoms with Crippen LogP contribution < -0.4 is 5.32 Å². The summed E-state index contributed by atoms with van der Waals surface area (Å²) in [6, 6.07) is 0.799. The molecule has 2 aliphatic rings. The SMILES string of the molecule is CN(C)CCCN(C)CC1(CNC2CC2)CCCOC1. The Hall–Kier alpha value is -0.160. The van der Waals surface area contributed by atoms with Crippen LogP contribution in [0.1, 0.15) is 32.1 Å². The molecular weight excluding hydrogens is 250 g/mol. The van der Waals surface area contributed by atoms with Crippen LogP contribution in [0.15, 0.2) is 0 Å². The molecule has 1 saturated heterocycles. The van der Waals surface area contributed by atoms with E-state index >= 15 is 0 Å². The molecule has 0 amide bonds. The van der Waals surface area contributed by atoms with E-state index in [1.807, 2.05) is 0 Å². The fourth-order valence-electron chi connectivity index (χ4n) is 3.19. The molecule has 1 atom stereocenters. The minimum atomic E-state index is 0.341. The lowest BCUT2D eigenvalue weighted by Crippen LogP contribution is -2.48. The number of hydrogen-bond acceptors (Lipinski definition) is 4. The van der Waals surface area contributed by atoms with Gasteiger partial charge in [0.25, 0.3) is 0 Å². The highest BCUT2D eigenvalue weighted by Gasteiger charge is 2.35. The first-order valence-corrected chi connectivity index (χ1v) is 8.24. The molecule has 0 aromatic carbocycles. The number of nitrogens with one attached hydrogen (secondary N) is 1. The van der Waals surface area contributed by atoms with E-state index in [2.05, 4.69) is 36.3 Å². The fourth-order valence-corrected chi connectivity index (χ4v) is 3.19. The first-order valence-electron chi connectivity index (χ1n) is 8.24. The molecule has 1 aliphatic heterocycles. The second-order valence-corrected chi connectivity index (χ2v) is 7.21.